The maximum absolute atomic E-state index is 9.19. The monoisotopic (exact) mass is 365 g/mol. The first-order valence-corrected chi connectivity index (χ1v) is 9.10. The van der Waals surface area contributed by atoms with Gasteiger partial charge in [0, 0.05) is 12.0 Å². The topological polar surface area (TPSA) is 50.8 Å². The van der Waals surface area contributed by atoms with Crippen LogP contribution in [0.3, 0.4) is 0 Å². The maximum atomic E-state index is 9.19. The lowest BCUT2D eigenvalue weighted by Crippen LogP contribution is -2.01. The zero-order valence-electron chi connectivity index (χ0n) is 15.5. The van der Waals surface area contributed by atoms with E-state index in [1.54, 1.807) is 12.1 Å². The van der Waals surface area contributed by atoms with E-state index in [0.717, 1.165) is 16.9 Å². The predicted molar refractivity (Wildman–Crippen MR) is 109 cm³/mol. The van der Waals surface area contributed by atoms with Crippen molar-refractivity contribution < 1.29 is 4.74 Å². The third-order valence-corrected chi connectivity index (χ3v) is 4.54. The van der Waals surface area contributed by atoms with Crippen molar-refractivity contribution >= 4 is 0 Å². The maximum Gasteiger partial charge on any atom is 0.226 e. The molecule has 0 aliphatic heterocycles. The van der Waals surface area contributed by atoms with E-state index in [1.165, 1.54) is 5.56 Å². The summed E-state index contributed by atoms with van der Waals surface area (Å²) in [6.07, 6.45) is 0.715. The second-order valence-electron chi connectivity index (χ2n) is 6.52. The van der Waals surface area contributed by atoms with Crippen molar-refractivity contribution in [1.29, 1.82) is 5.26 Å². The largest absolute Gasteiger partial charge is 0.439 e. The van der Waals surface area contributed by atoms with E-state index in [1.807, 2.05) is 72.3 Å². The number of hydrogen-bond donors (Lipinski definition) is 0. The summed E-state index contributed by atoms with van der Waals surface area (Å²) >= 11 is 0. The lowest BCUT2D eigenvalue weighted by atomic mass is 10.1. The van der Waals surface area contributed by atoms with Crippen molar-refractivity contribution in [3.63, 3.8) is 0 Å². The zero-order chi connectivity index (χ0) is 19.3. The molecule has 0 aliphatic rings. The summed E-state index contributed by atoms with van der Waals surface area (Å²) in [5.74, 6) is 1.29. The molecule has 0 saturated carbocycles. The van der Waals surface area contributed by atoms with Gasteiger partial charge in [-0.15, -0.1) is 0 Å². The Hall–Kier alpha value is -3.84. The van der Waals surface area contributed by atoms with Crippen LogP contribution in [0.15, 0.2) is 84.9 Å². The van der Waals surface area contributed by atoms with Gasteiger partial charge in [0.05, 0.1) is 23.0 Å². The van der Waals surface area contributed by atoms with E-state index < -0.39 is 0 Å². The van der Waals surface area contributed by atoms with E-state index in [9.17, 15) is 5.26 Å². The van der Waals surface area contributed by atoms with Crippen LogP contribution < -0.4 is 4.74 Å². The van der Waals surface area contributed by atoms with Crippen molar-refractivity contribution in [2.45, 2.75) is 13.3 Å². The second kappa shape index (κ2) is 7.81. The SMILES string of the molecule is Cc1nn(-c2ccccc2)c(Oc2cccc(C#N)c2)c1Cc1ccccc1. The Balaban J connectivity index is 1.81. The number of benzene rings is 3. The van der Waals surface area contributed by atoms with Gasteiger partial charge < -0.3 is 4.74 Å². The van der Waals surface area contributed by atoms with Crippen LogP contribution >= 0.6 is 0 Å². The molecule has 0 aliphatic carbocycles. The Labute approximate surface area is 164 Å². The van der Waals surface area contributed by atoms with Gasteiger partial charge in [-0.05, 0) is 42.8 Å². The fraction of sp³-hybridized carbons (Fsp3) is 0.0833. The average Bonchev–Trinajstić information content (AvgIpc) is 3.05. The Morgan fingerprint density at radius 3 is 2.36 bits per heavy atom. The highest BCUT2D eigenvalue weighted by Crippen LogP contribution is 2.32. The van der Waals surface area contributed by atoms with Crippen LogP contribution in [-0.2, 0) is 6.42 Å². The van der Waals surface area contributed by atoms with Crippen LogP contribution in [0.5, 0.6) is 11.6 Å². The molecule has 4 aromatic rings. The van der Waals surface area contributed by atoms with Gasteiger partial charge in [-0.25, -0.2) is 4.68 Å². The van der Waals surface area contributed by atoms with Crippen LogP contribution in [0.1, 0.15) is 22.4 Å². The molecule has 4 nitrogen and oxygen atoms in total. The lowest BCUT2D eigenvalue weighted by molar-refractivity contribution is 0.440. The van der Waals surface area contributed by atoms with E-state index >= 15 is 0 Å². The molecule has 0 bridgehead atoms. The fourth-order valence-electron chi connectivity index (χ4n) is 3.13. The van der Waals surface area contributed by atoms with E-state index in [0.29, 0.717) is 23.6 Å². The molecule has 0 radical (unpaired) electrons. The first-order chi connectivity index (χ1) is 13.7. The first-order valence-electron chi connectivity index (χ1n) is 9.10. The first kappa shape index (κ1) is 17.6. The molecule has 136 valence electrons. The molecule has 4 heteroatoms. The number of ether oxygens (including phenoxy) is 1. The molecule has 4 rings (SSSR count). The molecule has 0 N–H and O–H groups in total. The van der Waals surface area contributed by atoms with E-state index in [4.69, 9.17) is 9.84 Å². The molecule has 1 heterocycles. The number of para-hydroxylation sites is 1. The Kier molecular flexibility index (Phi) is 4.90. The number of nitrogens with zero attached hydrogens (tertiary/aromatic N) is 3. The number of hydrogen-bond acceptors (Lipinski definition) is 3. The summed E-state index contributed by atoms with van der Waals surface area (Å²) in [5.41, 5.74) is 4.62. The molecule has 0 unspecified atom stereocenters. The highest BCUT2D eigenvalue weighted by atomic mass is 16.5. The molecule has 0 atom stereocenters. The minimum Gasteiger partial charge on any atom is -0.439 e. The molecule has 1 aromatic heterocycles. The summed E-state index contributed by atoms with van der Waals surface area (Å²) in [6, 6.07) is 29.5. The van der Waals surface area contributed by atoms with E-state index in [-0.39, 0.29) is 0 Å². The standard InChI is InChI=1S/C24H19N3O/c1-18-23(16-19-9-4-2-5-10-19)24(27(26-18)21-12-6-3-7-13-21)28-22-14-8-11-20(15-22)17-25/h2-15H,16H2,1H3. The van der Waals surface area contributed by atoms with Gasteiger partial charge in [-0.3, -0.25) is 0 Å². The van der Waals surface area contributed by atoms with Crippen molar-refractivity contribution in [1.82, 2.24) is 9.78 Å². The van der Waals surface area contributed by atoms with Gasteiger partial charge in [0.15, 0.2) is 0 Å². The van der Waals surface area contributed by atoms with Gasteiger partial charge in [0.25, 0.3) is 0 Å². The Bertz CT molecular complexity index is 1130. The molecule has 0 spiro atoms. The normalized spacial score (nSPS) is 10.4. The van der Waals surface area contributed by atoms with Crippen LogP contribution in [0.25, 0.3) is 5.69 Å². The Morgan fingerprint density at radius 1 is 0.929 bits per heavy atom. The van der Waals surface area contributed by atoms with Gasteiger partial charge in [-0.1, -0.05) is 54.6 Å². The van der Waals surface area contributed by atoms with Gasteiger partial charge in [0.2, 0.25) is 5.88 Å². The second-order valence-corrected chi connectivity index (χ2v) is 6.52. The van der Waals surface area contributed by atoms with Crippen molar-refractivity contribution in [2.75, 3.05) is 0 Å². The fourth-order valence-corrected chi connectivity index (χ4v) is 3.13. The molecule has 3 aromatic carbocycles. The highest BCUT2D eigenvalue weighted by molar-refractivity contribution is 5.46. The van der Waals surface area contributed by atoms with E-state index in [2.05, 4.69) is 18.2 Å². The molecular weight excluding hydrogens is 346 g/mol. The summed E-state index contributed by atoms with van der Waals surface area (Å²) in [7, 11) is 0. The molecule has 0 fully saturated rings. The number of aryl methyl sites for hydroxylation is 1. The average molecular weight is 365 g/mol. The number of aromatic nitrogens is 2. The van der Waals surface area contributed by atoms with Crippen LogP contribution in [0.4, 0.5) is 0 Å². The van der Waals surface area contributed by atoms with Crippen molar-refractivity contribution in [2.24, 2.45) is 0 Å². The highest BCUT2D eigenvalue weighted by Gasteiger charge is 2.19. The number of rotatable bonds is 5. The Morgan fingerprint density at radius 2 is 1.64 bits per heavy atom. The van der Waals surface area contributed by atoms with Crippen molar-refractivity contribution in [3.05, 3.63) is 107 Å². The molecular formula is C24H19N3O. The molecule has 0 saturated heterocycles. The lowest BCUT2D eigenvalue weighted by Gasteiger charge is -2.12. The van der Waals surface area contributed by atoms with Crippen molar-refractivity contribution in [3.8, 4) is 23.4 Å². The molecule has 28 heavy (non-hydrogen) atoms. The molecule has 0 amide bonds. The minimum absolute atomic E-state index is 0.560. The smallest absolute Gasteiger partial charge is 0.226 e. The van der Waals surface area contributed by atoms with Crippen LogP contribution in [0.2, 0.25) is 0 Å². The quantitative estimate of drug-likeness (QED) is 0.473. The van der Waals surface area contributed by atoms with Crippen LogP contribution in [-0.4, -0.2) is 9.78 Å². The van der Waals surface area contributed by atoms with Gasteiger partial charge in [0.1, 0.15) is 5.75 Å². The van der Waals surface area contributed by atoms with Crippen LogP contribution in [0, 0.1) is 18.3 Å². The zero-order valence-corrected chi connectivity index (χ0v) is 15.5. The van der Waals surface area contributed by atoms with Gasteiger partial charge >= 0.3 is 0 Å². The minimum atomic E-state index is 0.560. The summed E-state index contributed by atoms with van der Waals surface area (Å²) < 4.78 is 8.11. The van der Waals surface area contributed by atoms with Gasteiger partial charge in [-0.2, -0.15) is 10.4 Å². The third-order valence-electron chi connectivity index (χ3n) is 4.54. The summed E-state index contributed by atoms with van der Waals surface area (Å²) in [5, 5.41) is 13.9. The third kappa shape index (κ3) is 3.65. The summed E-state index contributed by atoms with van der Waals surface area (Å²) in [6.45, 7) is 2.00. The summed E-state index contributed by atoms with van der Waals surface area (Å²) in [4.78, 5) is 0. The predicted octanol–water partition coefficient (Wildman–Crippen LogP) is 5.44. The number of nitriles is 1.